The zero-order valence-electron chi connectivity index (χ0n) is 16.3. The summed E-state index contributed by atoms with van der Waals surface area (Å²) in [6, 6.07) is 6.17. The van der Waals surface area contributed by atoms with Crippen molar-refractivity contribution >= 4 is 27.6 Å². The molecule has 0 aromatic heterocycles. The van der Waals surface area contributed by atoms with Gasteiger partial charge in [0.25, 0.3) is 0 Å². The number of rotatable bonds is 6. The van der Waals surface area contributed by atoms with Crippen LogP contribution in [0.25, 0.3) is 0 Å². The second-order valence-corrected chi connectivity index (χ2v) is 8.97. The van der Waals surface area contributed by atoms with E-state index in [-0.39, 0.29) is 23.0 Å². The molecule has 1 saturated heterocycles. The third kappa shape index (κ3) is 5.83. The molecule has 1 aromatic carbocycles. The van der Waals surface area contributed by atoms with E-state index < -0.39 is 0 Å². The van der Waals surface area contributed by atoms with Crippen molar-refractivity contribution in [1.29, 1.82) is 0 Å². The molecule has 0 spiro atoms. The van der Waals surface area contributed by atoms with Crippen LogP contribution in [0.15, 0.2) is 22.7 Å². The van der Waals surface area contributed by atoms with Gasteiger partial charge in [0.15, 0.2) is 0 Å². The summed E-state index contributed by atoms with van der Waals surface area (Å²) < 4.78 is 6.78. The number of carbonyl (C=O) groups is 2. The number of ether oxygens (including phenoxy) is 1. The van der Waals surface area contributed by atoms with E-state index in [9.17, 15) is 9.59 Å². The average molecular weight is 424 g/mol. The first-order valence-electron chi connectivity index (χ1n) is 9.39. The predicted molar refractivity (Wildman–Crippen MR) is 108 cm³/mol. The van der Waals surface area contributed by atoms with E-state index in [1.807, 2.05) is 11.0 Å². The van der Waals surface area contributed by atoms with Crippen LogP contribution in [0.3, 0.4) is 0 Å². The number of hydrogen-bond donors (Lipinski definition) is 0. The summed E-state index contributed by atoms with van der Waals surface area (Å²) in [7, 11) is 0. The van der Waals surface area contributed by atoms with Crippen molar-refractivity contribution in [3.05, 3.63) is 28.2 Å². The van der Waals surface area contributed by atoms with E-state index in [4.69, 9.17) is 4.74 Å². The van der Waals surface area contributed by atoms with Gasteiger partial charge in [-0.05, 0) is 65.2 Å². The smallest absolute Gasteiger partial charge is 0.222 e. The fraction of sp³-hybridized carbons (Fsp3) is 0.619. The Balaban J connectivity index is 1.74. The number of amides is 1. The van der Waals surface area contributed by atoms with Crippen LogP contribution < -0.4 is 4.74 Å². The minimum absolute atomic E-state index is 0.101. The third-order valence-corrected chi connectivity index (χ3v) is 5.63. The van der Waals surface area contributed by atoms with Gasteiger partial charge in [0.1, 0.15) is 11.5 Å². The summed E-state index contributed by atoms with van der Waals surface area (Å²) in [5.41, 5.74) is 1.35. The molecule has 1 fully saturated rings. The lowest BCUT2D eigenvalue weighted by atomic mass is 9.87. The quantitative estimate of drug-likeness (QED) is 0.620. The Hall–Kier alpha value is -1.36. The minimum Gasteiger partial charge on any atom is -0.492 e. The molecule has 1 amide bonds. The van der Waals surface area contributed by atoms with Gasteiger partial charge in [0.05, 0.1) is 11.1 Å². The van der Waals surface area contributed by atoms with Crippen LogP contribution in [0, 0.1) is 5.92 Å². The van der Waals surface area contributed by atoms with Gasteiger partial charge in [0, 0.05) is 25.4 Å². The molecule has 4 nitrogen and oxygen atoms in total. The lowest BCUT2D eigenvalue weighted by Gasteiger charge is -2.31. The SMILES string of the molecule is CC(=O)C1CCN(C(=O)CCCOc2ccc(C(C)(C)C)cc2Br)CC1. The van der Waals surface area contributed by atoms with Crippen LogP contribution in [-0.4, -0.2) is 36.3 Å². The number of carbonyl (C=O) groups excluding carboxylic acids is 2. The number of hydrogen-bond acceptors (Lipinski definition) is 3. The Morgan fingerprint density at radius 3 is 2.42 bits per heavy atom. The number of ketones is 1. The molecule has 1 aliphatic rings. The topological polar surface area (TPSA) is 46.6 Å². The molecule has 1 aliphatic heterocycles. The number of likely N-dealkylation sites (tertiary alicyclic amines) is 1. The van der Waals surface area contributed by atoms with Crippen LogP contribution in [-0.2, 0) is 15.0 Å². The summed E-state index contributed by atoms with van der Waals surface area (Å²) in [6.07, 6.45) is 2.77. The molecule has 144 valence electrons. The van der Waals surface area contributed by atoms with Gasteiger partial charge in [-0.2, -0.15) is 0 Å². The zero-order chi connectivity index (χ0) is 19.3. The molecule has 26 heavy (non-hydrogen) atoms. The van der Waals surface area contributed by atoms with Crippen molar-refractivity contribution in [2.75, 3.05) is 19.7 Å². The minimum atomic E-state index is 0.101. The number of benzene rings is 1. The summed E-state index contributed by atoms with van der Waals surface area (Å²) >= 11 is 3.57. The monoisotopic (exact) mass is 423 g/mol. The molecule has 0 aliphatic carbocycles. The molecule has 1 heterocycles. The second kappa shape index (κ2) is 9.03. The van der Waals surface area contributed by atoms with Crippen molar-refractivity contribution in [2.45, 2.75) is 58.8 Å². The Morgan fingerprint density at radius 2 is 1.88 bits per heavy atom. The first-order chi connectivity index (χ1) is 12.2. The highest BCUT2D eigenvalue weighted by Crippen LogP contribution is 2.31. The van der Waals surface area contributed by atoms with Gasteiger partial charge in [-0.25, -0.2) is 0 Å². The fourth-order valence-electron chi connectivity index (χ4n) is 3.18. The maximum Gasteiger partial charge on any atom is 0.222 e. The Bertz CT molecular complexity index is 643. The molecule has 0 saturated carbocycles. The second-order valence-electron chi connectivity index (χ2n) is 8.11. The normalized spacial score (nSPS) is 15.8. The van der Waals surface area contributed by atoms with E-state index in [1.165, 1.54) is 5.56 Å². The van der Waals surface area contributed by atoms with Crippen LogP contribution in [0.5, 0.6) is 5.75 Å². The lowest BCUT2D eigenvalue weighted by molar-refractivity contribution is -0.134. The first-order valence-corrected chi connectivity index (χ1v) is 10.2. The van der Waals surface area contributed by atoms with Crippen LogP contribution in [0.2, 0.25) is 0 Å². The standard InChI is InChI=1S/C21H30BrNO3/c1-15(24)16-9-11-23(12-10-16)20(25)6-5-13-26-19-8-7-17(14-18(19)22)21(2,3)4/h7-8,14,16H,5-6,9-13H2,1-4H3. The molecule has 2 rings (SSSR count). The molecule has 0 radical (unpaired) electrons. The van der Waals surface area contributed by atoms with Gasteiger partial charge in [-0.3, -0.25) is 9.59 Å². The maximum absolute atomic E-state index is 12.3. The summed E-state index contributed by atoms with van der Waals surface area (Å²) in [5.74, 6) is 1.36. The van der Waals surface area contributed by atoms with Gasteiger partial charge in [-0.15, -0.1) is 0 Å². The highest BCUT2D eigenvalue weighted by atomic mass is 79.9. The number of piperidine rings is 1. The number of Topliss-reactive ketones (excluding diaryl/α,β-unsaturated/α-hetero) is 1. The lowest BCUT2D eigenvalue weighted by Crippen LogP contribution is -2.39. The van der Waals surface area contributed by atoms with E-state index in [1.54, 1.807) is 6.92 Å². The zero-order valence-corrected chi connectivity index (χ0v) is 17.9. The molecular weight excluding hydrogens is 394 g/mol. The summed E-state index contributed by atoms with van der Waals surface area (Å²) in [4.78, 5) is 25.6. The number of nitrogens with zero attached hydrogens (tertiary/aromatic N) is 1. The van der Waals surface area contributed by atoms with E-state index in [0.29, 0.717) is 32.5 Å². The first kappa shape index (κ1) is 20.9. The van der Waals surface area contributed by atoms with Crippen molar-refractivity contribution in [3.63, 3.8) is 0 Å². The van der Waals surface area contributed by atoms with Crippen LogP contribution in [0.1, 0.15) is 58.9 Å². The van der Waals surface area contributed by atoms with Crippen molar-refractivity contribution in [3.8, 4) is 5.75 Å². The predicted octanol–water partition coefficient (Wildman–Crippen LogP) is 4.73. The average Bonchev–Trinajstić information content (AvgIpc) is 2.58. The van der Waals surface area contributed by atoms with E-state index >= 15 is 0 Å². The summed E-state index contributed by atoms with van der Waals surface area (Å²) in [5, 5.41) is 0. The van der Waals surface area contributed by atoms with Gasteiger partial charge >= 0.3 is 0 Å². The Labute approximate surface area is 165 Å². The van der Waals surface area contributed by atoms with Gasteiger partial charge in [-0.1, -0.05) is 26.8 Å². The third-order valence-electron chi connectivity index (χ3n) is 5.01. The molecule has 1 aromatic rings. The summed E-state index contributed by atoms with van der Waals surface area (Å²) in [6.45, 7) is 10.1. The van der Waals surface area contributed by atoms with Crippen LogP contribution in [0.4, 0.5) is 0 Å². The molecule has 0 N–H and O–H groups in total. The Kier molecular flexibility index (Phi) is 7.27. The maximum atomic E-state index is 12.3. The van der Waals surface area contributed by atoms with Gasteiger partial charge < -0.3 is 9.64 Å². The highest BCUT2D eigenvalue weighted by Gasteiger charge is 2.24. The van der Waals surface area contributed by atoms with Crippen molar-refractivity contribution in [1.82, 2.24) is 4.90 Å². The van der Waals surface area contributed by atoms with Crippen LogP contribution >= 0.6 is 15.9 Å². The van der Waals surface area contributed by atoms with E-state index in [2.05, 4.69) is 48.8 Å². The Morgan fingerprint density at radius 1 is 1.23 bits per heavy atom. The molecule has 0 unspecified atom stereocenters. The van der Waals surface area contributed by atoms with Crippen molar-refractivity contribution < 1.29 is 14.3 Å². The molecule has 0 bridgehead atoms. The van der Waals surface area contributed by atoms with Crippen molar-refractivity contribution in [2.24, 2.45) is 5.92 Å². The highest BCUT2D eigenvalue weighted by molar-refractivity contribution is 9.10. The largest absolute Gasteiger partial charge is 0.492 e. The van der Waals surface area contributed by atoms with Gasteiger partial charge in [0.2, 0.25) is 5.91 Å². The molecular formula is C21H30BrNO3. The van der Waals surface area contributed by atoms with E-state index in [0.717, 1.165) is 23.1 Å². The fourth-order valence-corrected chi connectivity index (χ4v) is 3.68. The molecule has 0 atom stereocenters. The molecule has 5 heteroatoms. The number of halogens is 1.